The Bertz CT molecular complexity index is 568. The molecular weight excluding hydrogens is 304 g/mol. The van der Waals surface area contributed by atoms with Gasteiger partial charge in [0.15, 0.2) is 0 Å². The molecule has 1 nitrogen and oxygen atoms in total. The zero-order chi connectivity index (χ0) is 17.7. The van der Waals surface area contributed by atoms with Crippen molar-refractivity contribution in [2.24, 2.45) is 0 Å². The summed E-state index contributed by atoms with van der Waals surface area (Å²) in [7, 11) is 1.72. The third-order valence-corrected chi connectivity index (χ3v) is 4.93. The van der Waals surface area contributed by atoms with E-state index in [-0.39, 0.29) is 0 Å². The lowest BCUT2D eigenvalue weighted by Crippen LogP contribution is -1.90. The van der Waals surface area contributed by atoms with Crippen LogP contribution in [0.4, 0.5) is 0 Å². The highest BCUT2D eigenvalue weighted by Crippen LogP contribution is 2.15. The van der Waals surface area contributed by atoms with E-state index >= 15 is 0 Å². The molecule has 0 unspecified atom stereocenters. The standard InChI is InChI=1S/C24H34O/c1-3-4-7-10-21-13-15-22(16-14-21)11-8-5-6-9-12-23-17-19-24(25-2)20-18-23/h13-20H,3-12H2,1-2H3. The van der Waals surface area contributed by atoms with E-state index in [2.05, 4.69) is 55.5 Å². The van der Waals surface area contributed by atoms with Crippen molar-refractivity contribution in [2.45, 2.75) is 71.1 Å². The summed E-state index contributed by atoms with van der Waals surface area (Å²) in [5, 5.41) is 0. The smallest absolute Gasteiger partial charge is 0.118 e. The zero-order valence-corrected chi connectivity index (χ0v) is 16.1. The molecule has 0 aromatic heterocycles. The lowest BCUT2D eigenvalue weighted by molar-refractivity contribution is 0.414. The molecule has 136 valence electrons. The maximum absolute atomic E-state index is 5.20. The second-order valence-electron chi connectivity index (χ2n) is 7.04. The first-order chi connectivity index (χ1) is 12.3. The minimum absolute atomic E-state index is 0.945. The highest BCUT2D eigenvalue weighted by molar-refractivity contribution is 5.27. The number of unbranched alkanes of at least 4 members (excludes halogenated alkanes) is 5. The van der Waals surface area contributed by atoms with Crippen LogP contribution in [0.25, 0.3) is 0 Å². The van der Waals surface area contributed by atoms with E-state index in [4.69, 9.17) is 4.74 Å². The van der Waals surface area contributed by atoms with Crippen LogP contribution in [-0.2, 0) is 19.3 Å². The molecule has 0 heterocycles. The molecule has 0 bridgehead atoms. The van der Waals surface area contributed by atoms with Crippen LogP contribution in [-0.4, -0.2) is 7.11 Å². The van der Waals surface area contributed by atoms with Gasteiger partial charge in [-0.15, -0.1) is 0 Å². The monoisotopic (exact) mass is 338 g/mol. The second-order valence-corrected chi connectivity index (χ2v) is 7.04. The Morgan fingerprint density at radius 1 is 0.560 bits per heavy atom. The Kier molecular flexibility index (Phi) is 9.18. The quantitative estimate of drug-likeness (QED) is 0.388. The maximum atomic E-state index is 5.20. The van der Waals surface area contributed by atoms with Crippen LogP contribution in [0.5, 0.6) is 5.75 Å². The highest BCUT2D eigenvalue weighted by atomic mass is 16.5. The van der Waals surface area contributed by atoms with Crippen LogP contribution in [0.2, 0.25) is 0 Å². The molecule has 2 aromatic carbocycles. The summed E-state index contributed by atoms with van der Waals surface area (Å²) in [6.07, 6.45) is 12.8. The summed E-state index contributed by atoms with van der Waals surface area (Å²) < 4.78 is 5.20. The molecule has 0 saturated carbocycles. The molecule has 0 aliphatic carbocycles. The third kappa shape index (κ3) is 7.77. The van der Waals surface area contributed by atoms with E-state index in [1.54, 1.807) is 7.11 Å². The summed E-state index contributed by atoms with van der Waals surface area (Å²) in [5.41, 5.74) is 4.41. The van der Waals surface area contributed by atoms with E-state index in [1.807, 2.05) is 0 Å². The van der Waals surface area contributed by atoms with Gasteiger partial charge in [-0.05, 0) is 67.3 Å². The van der Waals surface area contributed by atoms with E-state index < -0.39 is 0 Å². The first-order valence-corrected chi connectivity index (χ1v) is 10.0. The van der Waals surface area contributed by atoms with Crippen LogP contribution in [0.15, 0.2) is 48.5 Å². The summed E-state index contributed by atoms with van der Waals surface area (Å²) in [4.78, 5) is 0. The van der Waals surface area contributed by atoms with Crippen molar-refractivity contribution in [1.82, 2.24) is 0 Å². The van der Waals surface area contributed by atoms with E-state index in [1.165, 1.54) is 80.9 Å². The number of rotatable bonds is 12. The van der Waals surface area contributed by atoms with Gasteiger partial charge in [0, 0.05) is 0 Å². The van der Waals surface area contributed by atoms with Gasteiger partial charge in [0.1, 0.15) is 5.75 Å². The summed E-state index contributed by atoms with van der Waals surface area (Å²) in [5.74, 6) is 0.945. The number of methoxy groups -OCH3 is 1. The molecule has 0 aliphatic heterocycles. The number of ether oxygens (including phenoxy) is 1. The van der Waals surface area contributed by atoms with Gasteiger partial charge in [0.2, 0.25) is 0 Å². The Labute approximate surface area is 154 Å². The van der Waals surface area contributed by atoms with Gasteiger partial charge in [0.25, 0.3) is 0 Å². The third-order valence-electron chi connectivity index (χ3n) is 4.93. The zero-order valence-electron chi connectivity index (χ0n) is 16.1. The van der Waals surface area contributed by atoms with Crippen LogP contribution in [0.3, 0.4) is 0 Å². The largest absolute Gasteiger partial charge is 0.497 e. The number of hydrogen-bond acceptors (Lipinski definition) is 1. The minimum Gasteiger partial charge on any atom is -0.497 e. The molecule has 25 heavy (non-hydrogen) atoms. The van der Waals surface area contributed by atoms with E-state index in [0.717, 1.165) is 5.75 Å². The van der Waals surface area contributed by atoms with Crippen molar-refractivity contribution in [3.8, 4) is 5.75 Å². The number of aryl methyl sites for hydroxylation is 3. The maximum Gasteiger partial charge on any atom is 0.118 e. The highest BCUT2D eigenvalue weighted by Gasteiger charge is 1.98. The van der Waals surface area contributed by atoms with Crippen molar-refractivity contribution in [3.05, 3.63) is 65.2 Å². The summed E-state index contributed by atoms with van der Waals surface area (Å²) >= 11 is 0. The predicted octanol–water partition coefficient (Wildman–Crippen LogP) is 6.77. The Balaban J connectivity index is 1.56. The molecule has 0 N–H and O–H groups in total. The average molecular weight is 339 g/mol. The summed E-state index contributed by atoms with van der Waals surface area (Å²) in [6, 6.07) is 17.8. The Hall–Kier alpha value is -1.76. The van der Waals surface area contributed by atoms with Crippen molar-refractivity contribution in [3.63, 3.8) is 0 Å². The van der Waals surface area contributed by atoms with Crippen LogP contribution < -0.4 is 4.74 Å². The Morgan fingerprint density at radius 2 is 0.960 bits per heavy atom. The molecule has 0 aliphatic rings. The van der Waals surface area contributed by atoms with Crippen LogP contribution in [0.1, 0.15) is 68.6 Å². The van der Waals surface area contributed by atoms with Gasteiger partial charge < -0.3 is 4.74 Å². The molecule has 1 heteroatoms. The van der Waals surface area contributed by atoms with Gasteiger partial charge in [-0.25, -0.2) is 0 Å². The fourth-order valence-electron chi connectivity index (χ4n) is 3.26. The van der Waals surface area contributed by atoms with Gasteiger partial charge >= 0.3 is 0 Å². The fraction of sp³-hybridized carbons (Fsp3) is 0.500. The minimum atomic E-state index is 0.945. The lowest BCUT2D eigenvalue weighted by Gasteiger charge is -2.06. The number of benzene rings is 2. The molecule has 2 rings (SSSR count). The molecule has 0 atom stereocenters. The molecule has 0 fully saturated rings. The van der Waals surface area contributed by atoms with Crippen molar-refractivity contribution in [2.75, 3.05) is 7.11 Å². The second kappa shape index (κ2) is 11.7. The normalized spacial score (nSPS) is 10.8. The van der Waals surface area contributed by atoms with Crippen molar-refractivity contribution < 1.29 is 4.74 Å². The molecule has 0 spiro atoms. The van der Waals surface area contributed by atoms with Gasteiger partial charge in [-0.1, -0.05) is 69.0 Å². The average Bonchev–Trinajstić information content (AvgIpc) is 2.66. The first kappa shape index (κ1) is 19.6. The molecule has 0 saturated heterocycles. The lowest BCUT2D eigenvalue weighted by atomic mass is 10.0. The van der Waals surface area contributed by atoms with Crippen LogP contribution in [0, 0.1) is 0 Å². The first-order valence-electron chi connectivity index (χ1n) is 10.0. The topological polar surface area (TPSA) is 9.23 Å². The van der Waals surface area contributed by atoms with E-state index in [0.29, 0.717) is 0 Å². The SMILES string of the molecule is CCCCCc1ccc(CCCCCCc2ccc(OC)cc2)cc1. The van der Waals surface area contributed by atoms with Gasteiger partial charge in [0.05, 0.1) is 7.11 Å². The van der Waals surface area contributed by atoms with Gasteiger partial charge in [-0.2, -0.15) is 0 Å². The summed E-state index contributed by atoms with van der Waals surface area (Å²) in [6.45, 7) is 2.26. The molecule has 0 amide bonds. The fourth-order valence-corrected chi connectivity index (χ4v) is 3.26. The van der Waals surface area contributed by atoms with Crippen molar-refractivity contribution in [1.29, 1.82) is 0 Å². The van der Waals surface area contributed by atoms with E-state index in [9.17, 15) is 0 Å². The molecule has 2 aromatic rings. The molecular formula is C24H34O. The Morgan fingerprint density at radius 3 is 1.36 bits per heavy atom. The number of hydrogen-bond donors (Lipinski definition) is 0. The molecule has 0 radical (unpaired) electrons. The van der Waals surface area contributed by atoms with Crippen molar-refractivity contribution >= 4 is 0 Å². The predicted molar refractivity (Wildman–Crippen MR) is 109 cm³/mol. The van der Waals surface area contributed by atoms with Gasteiger partial charge in [-0.3, -0.25) is 0 Å². The van der Waals surface area contributed by atoms with Crippen LogP contribution >= 0.6 is 0 Å².